The summed E-state index contributed by atoms with van der Waals surface area (Å²) in [5, 5.41) is 54.5. The summed E-state index contributed by atoms with van der Waals surface area (Å²) >= 11 is 0. The lowest BCUT2D eigenvalue weighted by Crippen LogP contribution is -2.03. The van der Waals surface area contributed by atoms with Crippen molar-refractivity contribution in [2.75, 3.05) is 0 Å². The predicted octanol–water partition coefficient (Wildman–Crippen LogP) is 5.56. The fraction of sp³-hybridized carbons (Fsp3) is 0. The Bertz CT molecular complexity index is 1670. The van der Waals surface area contributed by atoms with Gasteiger partial charge in [0.15, 0.2) is 0 Å². The van der Waals surface area contributed by atoms with Crippen LogP contribution in [0.4, 0.5) is 0 Å². The fourth-order valence-corrected chi connectivity index (χ4v) is 4.21. The first-order valence-corrected chi connectivity index (χ1v) is 12.3. The molecule has 0 aliphatic carbocycles. The molecule has 206 valence electrons. The van der Waals surface area contributed by atoms with Crippen molar-refractivity contribution in [2.45, 2.75) is 0 Å². The Labute approximate surface area is 237 Å². The van der Waals surface area contributed by atoms with Crippen LogP contribution >= 0.6 is 0 Å². The van der Waals surface area contributed by atoms with Gasteiger partial charge in [-0.25, -0.2) is 14.4 Å². The van der Waals surface area contributed by atoms with Crippen LogP contribution in [0.5, 0.6) is 0 Å². The van der Waals surface area contributed by atoms with Crippen LogP contribution in [0.2, 0.25) is 0 Å². The van der Waals surface area contributed by atoms with Crippen molar-refractivity contribution < 1.29 is 34.8 Å². The van der Waals surface area contributed by atoms with Crippen LogP contribution in [0.3, 0.4) is 0 Å². The maximum absolute atomic E-state index is 11.5. The van der Waals surface area contributed by atoms with Crippen LogP contribution in [0.1, 0.15) is 36.6 Å². The summed E-state index contributed by atoms with van der Waals surface area (Å²) in [5.41, 5.74) is 3.57. The molecule has 42 heavy (non-hydrogen) atoms. The quantitative estimate of drug-likeness (QED) is 0.174. The third-order valence-electron chi connectivity index (χ3n) is 6.37. The van der Waals surface area contributed by atoms with Crippen molar-refractivity contribution in [3.05, 3.63) is 114 Å². The van der Waals surface area contributed by atoms with Gasteiger partial charge in [0.2, 0.25) is 11.6 Å². The molecule has 5 rings (SSSR count). The van der Waals surface area contributed by atoms with Crippen molar-refractivity contribution in [2.24, 2.45) is 0 Å². The van der Waals surface area contributed by atoms with Gasteiger partial charge in [-0.2, -0.15) is 0 Å². The second-order valence-electron chi connectivity index (χ2n) is 9.16. The van der Waals surface area contributed by atoms with Gasteiger partial charge in [-0.3, -0.25) is 0 Å². The van der Waals surface area contributed by atoms with Gasteiger partial charge in [0, 0.05) is 16.7 Å². The van der Waals surface area contributed by atoms with Crippen LogP contribution in [0.15, 0.2) is 91.5 Å². The number of aromatic carboxylic acids is 3. The van der Waals surface area contributed by atoms with E-state index in [0.29, 0.717) is 38.9 Å². The number of rotatable bonds is 8. The Kier molecular flexibility index (Phi) is 7.23. The smallest absolute Gasteiger partial charge is 0.335 e. The van der Waals surface area contributed by atoms with E-state index in [1.54, 1.807) is 54.6 Å². The molecular weight excluding hydrogens is 540 g/mol. The van der Waals surface area contributed by atoms with Crippen LogP contribution in [0.25, 0.3) is 50.8 Å². The molecule has 0 radical (unpaired) electrons. The van der Waals surface area contributed by atoms with Gasteiger partial charge in [-0.05, 0) is 58.7 Å². The number of hydrogen-bond donors (Lipinski definition) is 4. The minimum absolute atomic E-state index is 0.0147. The first-order chi connectivity index (χ1) is 20.1. The SMILES string of the molecule is C=C(O)c1cc(C(=O)O)cc(-c2ccc(-c3nnc(-c4ccc(-c5cc(C(=O)O)cc(C(=O)O)c5)cc4)nn3)cc2)c1. The zero-order valence-electron chi connectivity index (χ0n) is 21.6. The molecule has 1 heterocycles. The second kappa shape index (κ2) is 11.1. The van der Waals surface area contributed by atoms with Crippen LogP contribution in [0, 0.1) is 0 Å². The monoisotopic (exact) mass is 560 g/mol. The molecule has 0 unspecified atom stereocenters. The Hall–Kier alpha value is -6.23. The lowest BCUT2D eigenvalue weighted by Gasteiger charge is -2.08. The summed E-state index contributed by atoms with van der Waals surface area (Å²) in [7, 11) is 0. The number of aliphatic hydroxyl groups excluding tert-OH is 1. The number of carboxylic acids is 3. The summed E-state index contributed by atoms with van der Waals surface area (Å²) in [4.78, 5) is 34.3. The van der Waals surface area contributed by atoms with E-state index in [2.05, 4.69) is 27.0 Å². The lowest BCUT2D eigenvalue weighted by atomic mass is 9.98. The summed E-state index contributed by atoms with van der Waals surface area (Å²) in [6, 6.07) is 22.1. The molecule has 4 N–H and O–H groups in total. The third kappa shape index (κ3) is 5.70. The second-order valence-corrected chi connectivity index (χ2v) is 9.16. The van der Waals surface area contributed by atoms with E-state index >= 15 is 0 Å². The molecule has 0 saturated carbocycles. The molecule has 0 fully saturated rings. The number of aliphatic hydroxyl groups is 1. The summed E-state index contributed by atoms with van der Waals surface area (Å²) in [6.45, 7) is 3.47. The third-order valence-corrected chi connectivity index (χ3v) is 6.37. The molecule has 0 amide bonds. The Morgan fingerprint density at radius 3 is 1.02 bits per heavy atom. The van der Waals surface area contributed by atoms with Crippen molar-refractivity contribution >= 4 is 23.7 Å². The summed E-state index contributed by atoms with van der Waals surface area (Å²) < 4.78 is 0. The topological polar surface area (TPSA) is 184 Å². The Balaban J connectivity index is 1.37. The van der Waals surface area contributed by atoms with Gasteiger partial charge in [0.25, 0.3) is 0 Å². The number of carboxylic acid groups (broad SMARTS) is 3. The summed E-state index contributed by atoms with van der Waals surface area (Å²) in [5.74, 6) is -3.32. The number of hydrogen-bond acceptors (Lipinski definition) is 8. The molecular formula is C31H20N4O7. The van der Waals surface area contributed by atoms with E-state index < -0.39 is 17.9 Å². The molecule has 5 aromatic rings. The van der Waals surface area contributed by atoms with Crippen molar-refractivity contribution in [3.8, 4) is 45.0 Å². The van der Waals surface area contributed by atoms with Crippen molar-refractivity contribution in [1.82, 2.24) is 20.4 Å². The van der Waals surface area contributed by atoms with Crippen LogP contribution in [-0.4, -0.2) is 58.7 Å². The maximum Gasteiger partial charge on any atom is 0.335 e. The highest BCUT2D eigenvalue weighted by molar-refractivity contribution is 5.96. The first kappa shape index (κ1) is 27.3. The van der Waals surface area contributed by atoms with Gasteiger partial charge in [0.1, 0.15) is 5.76 Å². The van der Waals surface area contributed by atoms with Gasteiger partial charge in [0.05, 0.1) is 16.7 Å². The molecule has 11 nitrogen and oxygen atoms in total. The number of nitrogens with zero attached hydrogens (tertiary/aromatic N) is 4. The average Bonchev–Trinajstić information content (AvgIpc) is 3.00. The van der Waals surface area contributed by atoms with E-state index in [1.807, 2.05) is 0 Å². The number of carbonyl (C=O) groups is 3. The Morgan fingerprint density at radius 1 is 0.429 bits per heavy atom. The predicted molar refractivity (Wildman–Crippen MR) is 152 cm³/mol. The first-order valence-electron chi connectivity index (χ1n) is 12.3. The van der Waals surface area contributed by atoms with E-state index in [1.165, 1.54) is 24.3 Å². The van der Waals surface area contributed by atoms with E-state index in [9.17, 15) is 34.8 Å². The van der Waals surface area contributed by atoms with Gasteiger partial charge >= 0.3 is 17.9 Å². The fourth-order valence-electron chi connectivity index (χ4n) is 4.21. The molecule has 11 heteroatoms. The lowest BCUT2D eigenvalue weighted by molar-refractivity contribution is 0.0682. The van der Waals surface area contributed by atoms with Crippen molar-refractivity contribution in [3.63, 3.8) is 0 Å². The zero-order valence-corrected chi connectivity index (χ0v) is 21.6. The molecule has 0 saturated heterocycles. The van der Waals surface area contributed by atoms with E-state index in [-0.39, 0.29) is 34.1 Å². The molecule has 0 spiro atoms. The largest absolute Gasteiger partial charge is 0.508 e. The molecule has 0 aliphatic heterocycles. The minimum Gasteiger partial charge on any atom is -0.508 e. The van der Waals surface area contributed by atoms with E-state index in [4.69, 9.17) is 0 Å². The zero-order chi connectivity index (χ0) is 30.0. The minimum atomic E-state index is -1.23. The summed E-state index contributed by atoms with van der Waals surface area (Å²) in [6.07, 6.45) is 0. The maximum atomic E-state index is 11.5. The molecule has 1 aromatic heterocycles. The number of benzene rings is 4. The molecule has 0 atom stereocenters. The molecule has 0 aliphatic rings. The van der Waals surface area contributed by atoms with Gasteiger partial charge < -0.3 is 20.4 Å². The number of aromatic nitrogens is 4. The Morgan fingerprint density at radius 2 is 0.714 bits per heavy atom. The average molecular weight is 561 g/mol. The highest BCUT2D eigenvalue weighted by Gasteiger charge is 2.14. The van der Waals surface area contributed by atoms with Crippen LogP contribution < -0.4 is 0 Å². The highest BCUT2D eigenvalue weighted by Crippen LogP contribution is 2.28. The van der Waals surface area contributed by atoms with Gasteiger partial charge in [-0.15, -0.1) is 20.4 Å². The molecule has 4 aromatic carbocycles. The van der Waals surface area contributed by atoms with Crippen molar-refractivity contribution in [1.29, 1.82) is 0 Å². The normalized spacial score (nSPS) is 10.7. The van der Waals surface area contributed by atoms with Crippen LogP contribution in [-0.2, 0) is 0 Å². The van der Waals surface area contributed by atoms with Gasteiger partial charge in [-0.1, -0.05) is 55.1 Å². The standard InChI is InChI=1S/C31H20N4O7/c1-16(36)21-10-22(12-24(11-21)29(37)38)17-2-6-19(7-3-17)27-32-34-28(35-33-27)20-8-4-18(5-9-20)23-13-25(30(39)40)15-26(14-23)31(41)42/h2-15,36H,1H2,(H,37,38)(H,39,40)(H,41,42). The highest BCUT2D eigenvalue weighted by atomic mass is 16.4. The molecule has 0 bridgehead atoms. The van der Waals surface area contributed by atoms with E-state index in [0.717, 1.165) is 6.07 Å².